The Bertz CT molecular complexity index is 1360. The summed E-state index contributed by atoms with van der Waals surface area (Å²) in [6, 6.07) is 7.00. The van der Waals surface area contributed by atoms with E-state index >= 15 is 0 Å². The van der Waals surface area contributed by atoms with Gasteiger partial charge in [-0.25, -0.2) is 9.78 Å². The van der Waals surface area contributed by atoms with Crippen LogP contribution in [0, 0.1) is 0 Å². The maximum Gasteiger partial charge on any atom is 0.340 e. The highest BCUT2D eigenvalue weighted by molar-refractivity contribution is 5.89. The molecule has 2 aliphatic rings. The summed E-state index contributed by atoms with van der Waals surface area (Å²) in [6.45, 7) is 0.133. The molecule has 2 aromatic heterocycles. The molecule has 150 valence electrons. The van der Waals surface area contributed by atoms with Gasteiger partial charge in [-0.2, -0.15) is 0 Å². The van der Waals surface area contributed by atoms with Gasteiger partial charge in [0.05, 0.1) is 42.7 Å². The molecule has 0 unspecified atom stereocenters. The minimum absolute atomic E-state index is 0.0810. The molecule has 0 fully saturated rings. The van der Waals surface area contributed by atoms with E-state index in [0.717, 1.165) is 16.5 Å². The molecule has 3 aromatic rings. The number of pyridine rings is 2. The van der Waals surface area contributed by atoms with Gasteiger partial charge >= 0.3 is 5.97 Å². The number of azide groups is 1. The van der Waals surface area contributed by atoms with Gasteiger partial charge in [-0.1, -0.05) is 5.11 Å². The van der Waals surface area contributed by atoms with Crippen LogP contribution in [0.2, 0.25) is 0 Å². The van der Waals surface area contributed by atoms with Crippen LogP contribution in [0.1, 0.15) is 28.4 Å². The lowest BCUT2D eigenvalue weighted by Crippen LogP contribution is -2.32. The standard InChI is InChI=1S/C20H15N5O5/c1-29-9-2-3-15-10(4-9)12(6-22-24-21)13-7-25-16(17(13)23-15)5-11-14(19(25)27)8-30-20(28)18(11)26/h2-5,18,26H,6-8H2,1H3/t18-/m0/s1. The molecule has 0 saturated heterocycles. The molecular formula is C20H15N5O5. The van der Waals surface area contributed by atoms with Gasteiger partial charge in [-0.05, 0) is 35.4 Å². The topological polar surface area (TPSA) is 139 Å². The molecule has 0 radical (unpaired) electrons. The van der Waals surface area contributed by atoms with Crippen molar-refractivity contribution in [1.29, 1.82) is 0 Å². The van der Waals surface area contributed by atoms with Crippen molar-refractivity contribution < 1.29 is 19.4 Å². The quantitative estimate of drug-likeness (QED) is 0.240. The zero-order valence-electron chi connectivity index (χ0n) is 15.8. The van der Waals surface area contributed by atoms with Crippen LogP contribution in [0.4, 0.5) is 0 Å². The Kier molecular flexibility index (Phi) is 3.99. The fourth-order valence-electron chi connectivity index (χ4n) is 4.10. The van der Waals surface area contributed by atoms with Gasteiger partial charge in [0.1, 0.15) is 12.4 Å². The van der Waals surface area contributed by atoms with Crippen molar-refractivity contribution >= 4 is 16.9 Å². The first-order valence-corrected chi connectivity index (χ1v) is 9.15. The molecule has 0 amide bonds. The van der Waals surface area contributed by atoms with Gasteiger partial charge in [-0.15, -0.1) is 0 Å². The van der Waals surface area contributed by atoms with Crippen LogP contribution in [0.5, 0.6) is 5.75 Å². The van der Waals surface area contributed by atoms with Gasteiger partial charge in [-0.3, -0.25) is 4.79 Å². The average molecular weight is 405 g/mol. The van der Waals surface area contributed by atoms with Gasteiger partial charge < -0.3 is 19.1 Å². The number of cyclic esters (lactones) is 1. The SMILES string of the molecule is COc1ccc2nc3c(c(CN=[N+]=[N-])c2c1)Cn1c-3cc2c(c1=O)COC(=O)[C@H]2O. The van der Waals surface area contributed by atoms with Crippen LogP contribution in [0.15, 0.2) is 34.2 Å². The molecular weight excluding hydrogens is 390 g/mol. The number of fused-ring (bicyclic) bond motifs is 5. The molecule has 0 aliphatic carbocycles. The minimum atomic E-state index is -1.51. The molecule has 0 spiro atoms. The number of aliphatic hydroxyl groups excluding tert-OH is 1. The van der Waals surface area contributed by atoms with Crippen molar-refractivity contribution in [2.45, 2.75) is 25.8 Å². The van der Waals surface area contributed by atoms with E-state index in [1.807, 2.05) is 6.07 Å². The summed E-state index contributed by atoms with van der Waals surface area (Å²) in [5, 5.41) is 14.7. The number of nitrogens with zero attached hydrogens (tertiary/aromatic N) is 5. The van der Waals surface area contributed by atoms with Gasteiger partial charge in [0.25, 0.3) is 5.56 Å². The highest BCUT2D eigenvalue weighted by Gasteiger charge is 2.34. The third kappa shape index (κ3) is 2.48. The summed E-state index contributed by atoms with van der Waals surface area (Å²) in [4.78, 5) is 32.4. The first-order valence-electron chi connectivity index (χ1n) is 9.15. The molecule has 30 heavy (non-hydrogen) atoms. The lowest BCUT2D eigenvalue weighted by molar-refractivity contribution is -0.157. The predicted octanol–water partition coefficient (Wildman–Crippen LogP) is 2.33. The smallest absolute Gasteiger partial charge is 0.340 e. The first-order chi connectivity index (χ1) is 14.5. The Labute approximate surface area is 168 Å². The van der Waals surface area contributed by atoms with E-state index < -0.39 is 12.1 Å². The summed E-state index contributed by atoms with van der Waals surface area (Å²) < 4.78 is 11.8. The monoisotopic (exact) mass is 405 g/mol. The number of carbonyl (C=O) groups is 1. The molecule has 0 saturated carbocycles. The van der Waals surface area contributed by atoms with E-state index in [-0.39, 0.29) is 36.4 Å². The molecule has 2 aliphatic heterocycles. The van der Waals surface area contributed by atoms with E-state index in [0.29, 0.717) is 22.7 Å². The number of methoxy groups -OCH3 is 1. The number of hydrogen-bond acceptors (Lipinski definition) is 7. The average Bonchev–Trinajstić information content (AvgIpc) is 3.12. The second kappa shape index (κ2) is 6.58. The number of esters is 1. The summed E-state index contributed by atoms with van der Waals surface area (Å²) in [7, 11) is 1.56. The molecule has 10 heteroatoms. The first kappa shape index (κ1) is 18.2. The number of hydrogen-bond donors (Lipinski definition) is 1. The molecule has 1 N–H and O–H groups in total. The van der Waals surface area contributed by atoms with Crippen LogP contribution < -0.4 is 10.3 Å². The number of ether oxygens (including phenoxy) is 2. The fourth-order valence-corrected chi connectivity index (χ4v) is 4.10. The largest absolute Gasteiger partial charge is 0.497 e. The minimum Gasteiger partial charge on any atom is -0.497 e. The predicted molar refractivity (Wildman–Crippen MR) is 105 cm³/mol. The van der Waals surface area contributed by atoms with Crippen LogP contribution in [-0.4, -0.2) is 27.7 Å². The van der Waals surface area contributed by atoms with E-state index in [9.17, 15) is 14.7 Å². The van der Waals surface area contributed by atoms with E-state index in [1.165, 1.54) is 4.57 Å². The third-order valence-corrected chi connectivity index (χ3v) is 5.57. The Hall–Kier alpha value is -3.88. The molecule has 4 heterocycles. The zero-order chi connectivity index (χ0) is 21.0. The van der Waals surface area contributed by atoms with Crippen molar-refractivity contribution in [3.8, 4) is 17.1 Å². The second-order valence-electron chi connectivity index (χ2n) is 7.05. The van der Waals surface area contributed by atoms with Crippen LogP contribution in [0.25, 0.3) is 32.7 Å². The molecule has 1 atom stereocenters. The zero-order valence-corrected chi connectivity index (χ0v) is 15.8. The van der Waals surface area contributed by atoms with Crippen LogP contribution in [-0.2, 0) is 29.2 Å². The number of aromatic nitrogens is 2. The number of aliphatic hydroxyl groups is 1. The van der Waals surface area contributed by atoms with Crippen LogP contribution >= 0.6 is 0 Å². The number of carbonyl (C=O) groups excluding carboxylic acids is 1. The molecule has 10 nitrogen and oxygen atoms in total. The molecule has 1 aromatic carbocycles. The summed E-state index contributed by atoms with van der Waals surface area (Å²) in [5.74, 6) is -0.152. The van der Waals surface area contributed by atoms with Gasteiger partial charge in [0.2, 0.25) is 0 Å². The van der Waals surface area contributed by atoms with Crippen molar-refractivity contribution in [1.82, 2.24) is 9.55 Å². The van der Waals surface area contributed by atoms with Gasteiger partial charge in [0.15, 0.2) is 6.10 Å². The Morgan fingerprint density at radius 2 is 2.20 bits per heavy atom. The normalized spacial score (nSPS) is 16.3. The van der Waals surface area contributed by atoms with Crippen molar-refractivity contribution in [2.24, 2.45) is 5.11 Å². The van der Waals surface area contributed by atoms with Crippen molar-refractivity contribution in [3.05, 3.63) is 67.3 Å². The maximum atomic E-state index is 13.1. The summed E-state index contributed by atoms with van der Waals surface area (Å²) in [5.41, 5.74) is 12.2. The second-order valence-corrected chi connectivity index (χ2v) is 7.05. The van der Waals surface area contributed by atoms with E-state index in [1.54, 1.807) is 25.3 Å². The van der Waals surface area contributed by atoms with Crippen molar-refractivity contribution in [2.75, 3.05) is 7.11 Å². The fraction of sp³-hybridized carbons (Fsp3) is 0.250. The Morgan fingerprint density at radius 1 is 1.37 bits per heavy atom. The van der Waals surface area contributed by atoms with Crippen molar-refractivity contribution in [3.63, 3.8) is 0 Å². The Balaban J connectivity index is 1.81. The summed E-state index contributed by atoms with van der Waals surface area (Å²) in [6.07, 6.45) is -1.51. The number of benzene rings is 1. The van der Waals surface area contributed by atoms with E-state index in [4.69, 9.17) is 20.0 Å². The molecule has 5 rings (SSSR count). The highest BCUT2D eigenvalue weighted by Crippen LogP contribution is 2.38. The Morgan fingerprint density at radius 3 is 2.97 bits per heavy atom. The third-order valence-electron chi connectivity index (χ3n) is 5.57. The van der Waals surface area contributed by atoms with E-state index in [2.05, 4.69) is 10.0 Å². The number of rotatable bonds is 3. The molecule has 0 bridgehead atoms. The lowest BCUT2D eigenvalue weighted by atomic mass is 9.98. The van der Waals surface area contributed by atoms with Gasteiger partial charge in [0, 0.05) is 21.4 Å². The lowest BCUT2D eigenvalue weighted by Gasteiger charge is -2.21. The van der Waals surface area contributed by atoms with Crippen LogP contribution in [0.3, 0.4) is 0 Å². The maximum absolute atomic E-state index is 13.1. The highest BCUT2D eigenvalue weighted by atomic mass is 16.5. The summed E-state index contributed by atoms with van der Waals surface area (Å²) >= 11 is 0.